The van der Waals surface area contributed by atoms with Gasteiger partial charge in [-0.3, -0.25) is 0 Å². The Balaban J connectivity index is 1.08. The molecular weight excluding hydrogens is 763 g/mol. The van der Waals surface area contributed by atoms with Crippen LogP contribution >= 0.6 is 0 Å². The van der Waals surface area contributed by atoms with E-state index in [1.54, 1.807) is 0 Å². The number of allylic oxidation sites excluding steroid dienone is 2. The maximum Gasteiger partial charge on any atom is 0.164 e. The second-order valence-corrected chi connectivity index (χ2v) is 18.8. The van der Waals surface area contributed by atoms with Crippen molar-refractivity contribution in [1.29, 1.82) is 0 Å². The van der Waals surface area contributed by atoms with Crippen molar-refractivity contribution >= 4 is 16.3 Å². The Morgan fingerprint density at radius 3 is 1.49 bits per heavy atom. The van der Waals surface area contributed by atoms with Gasteiger partial charge >= 0.3 is 0 Å². The highest BCUT2D eigenvalue weighted by Crippen LogP contribution is 2.57. The fourth-order valence-electron chi connectivity index (χ4n) is 11.4. The lowest BCUT2D eigenvalue weighted by Gasteiger charge is -2.34. The van der Waals surface area contributed by atoms with Crippen LogP contribution in [0.2, 0.25) is 0 Å². The predicted octanol–water partition coefficient (Wildman–Crippen LogP) is 14.8. The van der Waals surface area contributed by atoms with Gasteiger partial charge in [-0.15, -0.1) is 0 Å². The van der Waals surface area contributed by atoms with Crippen molar-refractivity contribution in [3.8, 4) is 56.4 Å². The molecule has 63 heavy (non-hydrogen) atoms. The number of aromatic nitrogens is 3. The SMILES string of the molecule is CC1=C(C)C(C)(C)c2cc(-c3nc(-c4ccc5c(c4)C(C)(C)c4ccc6ccccc6c4-5)nc(-c4ccc5c(c4)C(c4ccccc4)(c4ccccc4)c4ccccc4-5)n3)ccc21. The minimum absolute atomic E-state index is 0.0912. The smallest absolute Gasteiger partial charge is 0.164 e. The van der Waals surface area contributed by atoms with Gasteiger partial charge in [0, 0.05) is 27.5 Å². The zero-order valence-corrected chi connectivity index (χ0v) is 36.6. The first-order valence-corrected chi connectivity index (χ1v) is 22.2. The summed E-state index contributed by atoms with van der Waals surface area (Å²) in [6, 6.07) is 64.6. The van der Waals surface area contributed by atoms with Crippen LogP contribution in [0.1, 0.15) is 86.1 Å². The molecule has 9 aromatic rings. The van der Waals surface area contributed by atoms with E-state index in [1.165, 1.54) is 88.7 Å². The molecule has 0 fully saturated rings. The molecule has 3 heteroatoms. The van der Waals surface area contributed by atoms with Crippen LogP contribution in [0.25, 0.3) is 72.8 Å². The third kappa shape index (κ3) is 5.23. The first-order valence-electron chi connectivity index (χ1n) is 22.2. The van der Waals surface area contributed by atoms with Gasteiger partial charge in [0.1, 0.15) is 0 Å². The van der Waals surface area contributed by atoms with Crippen LogP contribution in [0, 0.1) is 0 Å². The summed E-state index contributed by atoms with van der Waals surface area (Å²) in [6.07, 6.45) is 0. The molecule has 1 heterocycles. The summed E-state index contributed by atoms with van der Waals surface area (Å²) >= 11 is 0. The van der Waals surface area contributed by atoms with Crippen LogP contribution < -0.4 is 0 Å². The van der Waals surface area contributed by atoms with Crippen LogP contribution in [0.3, 0.4) is 0 Å². The van der Waals surface area contributed by atoms with Crippen LogP contribution in [0.4, 0.5) is 0 Å². The molecule has 0 radical (unpaired) electrons. The highest BCUT2D eigenvalue weighted by atomic mass is 15.0. The van der Waals surface area contributed by atoms with Crippen LogP contribution in [-0.4, -0.2) is 15.0 Å². The van der Waals surface area contributed by atoms with E-state index in [1.807, 2.05) is 0 Å². The Morgan fingerprint density at radius 1 is 0.365 bits per heavy atom. The average Bonchev–Trinajstić information content (AvgIpc) is 3.82. The average molecular weight is 810 g/mol. The van der Waals surface area contributed by atoms with Crippen molar-refractivity contribution in [2.45, 2.75) is 57.8 Å². The molecule has 0 amide bonds. The van der Waals surface area contributed by atoms with Gasteiger partial charge < -0.3 is 0 Å². The quantitative estimate of drug-likeness (QED) is 0.174. The van der Waals surface area contributed by atoms with Gasteiger partial charge in [0.05, 0.1) is 5.41 Å². The molecule has 12 rings (SSSR count). The molecule has 1 aromatic heterocycles. The molecule has 0 saturated heterocycles. The van der Waals surface area contributed by atoms with Gasteiger partial charge in [0.25, 0.3) is 0 Å². The number of nitrogens with zero attached hydrogens (tertiary/aromatic N) is 3. The highest BCUT2D eigenvalue weighted by molar-refractivity contribution is 6.03. The lowest BCUT2D eigenvalue weighted by molar-refractivity contribution is 0.639. The minimum Gasteiger partial charge on any atom is -0.208 e. The standard InChI is InChI=1S/C60H47N3/c1-36-37(2)58(3,4)51-33-39(25-29-44(36)51)55-61-56(40-27-31-48-52(34-40)59(5,6)50-32-28-38-17-13-14-22-45(38)54(48)50)63-57(62-55)41-26-30-47-46-23-15-16-24-49(46)60(53(47)35-41,42-18-9-7-10-19-42)43-20-11-8-12-21-43/h7-35H,1-6H3. The van der Waals surface area contributed by atoms with Crippen molar-refractivity contribution < 1.29 is 0 Å². The molecule has 0 spiro atoms. The molecule has 0 saturated carbocycles. The van der Waals surface area contributed by atoms with E-state index in [2.05, 4.69) is 217 Å². The van der Waals surface area contributed by atoms with E-state index in [4.69, 9.17) is 15.0 Å². The van der Waals surface area contributed by atoms with Crippen molar-refractivity contribution in [3.05, 3.63) is 226 Å². The summed E-state index contributed by atoms with van der Waals surface area (Å²) in [7, 11) is 0. The fourth-order valence-corrected chi connectivity index (χ4v) is 11.4. The van der Waals surface area contributed by atoms with Gasteiger partial charge in [-0.2, -0.15) is 0 Å². The summed E-state index contributed by atoms with van der Waals surface area (Å²) in [5.74, 6) is 2.00. The number of hydrogen-bond donors (Lipinski definition) is 0. The van der Waals surface area contributed by atoms with Crippen molar-refractivity contribution in [2.75, 3.05) is 0 Å². The summed E-state index contributed by atoms with van der Waals surface area (Å²) in [6.45, 7) is 13.9. The zero-order chi connectivity index (χ0) is 42.8. The minimum atomic E-state index is -0.540. The summed E-state index contributed by atoms with van der Waals surface area (Å²) in [4.78, 5) is 16.2. The molecule has 0 unspecified atom stereocenters. The fraction of sp³-hybridized carbons (Fsp3) is 0.150. The number of hydrogen-bond acceptors (Lipinski definition) is 3. The van der Waals surface area contributed by atoms with Crippen LogP contribution in [-0.2, 0) is 16.2 Å². The van der Waals surface area contributed by atoms with Crippen LogP contribution in [0.15, 0.2) is 181 Å². The largest absolute Gasteiger partial charge is 0.208 e. The van der Waals surface area contributed by atoms with E-state index < -0.39 is 5.41 Å². The zero-order valence-electron chi connectivity index (χ0n) is 36.6. The molecule has 3 nitrogen and oxygen atoms in total. The molecule has 302 valence electrons. The topological polar surface area (TPSA) is 38.7 Å². The van der Waals surface area contributed by atoms with Crippen LogP contribution in [0.5, 0.6) is 0 Å². The third-order valence-electron chi connectivity index (χ3n) is 15.0. The summed E-state index contributed by atoms with van der Waals surface area (Å²) in [5, 5.41) is 2.55. The second kappa shape index (κ2) is 13.4. The maximum atomic E-state index is 5.43. The Kier molecular flexibility index (Phi) is 7.97. The van der Waals surface area contributed by atoms with E-state index in [0.717, 1.165) is 16.7 Å². The summed E-state index contributed by atoms with van der Waals surface area (Å²) in [5.41, 5.74) is 20.2. The van der Waals surface area contributed by atoms with E-state index in [-0.39, 0.29) is 10.8 Å². The first-order chi connectivity index (χ1) is 30.6. The van der Waals surface area contributed by atoms with E-state index >= 15 is 0 Å². The monoisotopic (exact) mass is 809 g/mol. The molecule has 3 aliphatic carbocycles. The number of rotatable bonds is 5. The van der Waals surface area contributed by atoms with Gasteiger partial charge in [-0.05, 0) is 115 Å². The van der Waals surface area contributed by atoms with Crippen molar-refractivity contribution in [2.24, 2.45) is 0 Å². The van der Waals surface area contributed by atoms with Gasteiger partial charge in [-0.25, -0.2) is 15.0 Å². The second-order valence-electron chi connectivity index (χ2n) is 18.8. The molecule has 0 atom stereocenters. The Labute approximate surface area is 369 Å². The van der Waals surface area contributed by atoms with E-state index in [9.17, 15) is 0 Å². The van der Waals surface area contributed by atoms with Gasteiger partial charge in [0.15, 0.2) is 17.5 Å². The molecule has 0 bridgehead atoms. The lowest BCUT2D eigenvalue weighted by Crippen LogP contribution is -2.28. The normalized spacial score (nSPS) is 15.8. The highest BCUT2D eigenvalue weighted by Gasteiger charge is 2.46. The van der Waals surface area contributed by atoms with Gasteiger partial charge in [-0.1, -0.05) is 191 Å². The molecular formula is C60H47N3. The van der Waals surface area contributed by atoms with Crippen molar-refractivity contribution in [1.82, 2.24) is 15.0 Å². The Hall–Kier alpha value is -7.23. The molecule has 0 N–H and O–H groups in total. The number of benzene rings is 8. The molecule has 8 aromatic carbocycles. The lowest BCUT2D eigenvalue weighted by atomic mass is 9.67. The molecule has 0 aliphatic heterocycles. The van der Waals surface area contributed by atoms with Gasteiger partial charge in [0.2, 0.25) is 0 Å². The van der Waals surface area contributed by atoms with E-state index in [0.29, 0.717) is 17.5 Å². The van der Waals surface area contributed by atoms with Crippen molar-refractivity contribution in [3.63, 3.8) is 0 Å². The Bertz CT molecular complexity index is 3370. The maximum absolute atomic E-state index is 5.43. The number of fused-ring (bicyclic) bond motifs is 9. The predicted molar refractivity (Wildman–Crippen MR) is 260 cm³/mol. The summed E-state index contributed by atoms with van der Waals surface area (Å²) < 4.78 is 0. The Morgan fingerprint density at radius 2 is 0.857 bits per heavy atom. The first kappa shape index (κ1) is 37.5. The third-order valence-corrected chi connectivity index (χ3v) is 15.0. The molecule has 3 aliphatic rings.